The molecule has 1 rings (SSSR count). The Morgan fingerprint density at radius 3 is 2.78 bits per heavy atom. The molecule has 0 aromatic carbocycles. The van der Waals surface area contributed by atoms with E-state index in [0.717, 1.165) is 25.3 Å². The molecule has 1 aromatic rings. The van der Waals surface area contributed by atoms with Crippen LogP contribution in [0.4, 0.5) is 5.82 Å². The largest absolute Gasteiger partial charge is 0.478 e. The van der Waals surface area contributed by atoms with Gasteiger partial charge in [-0.15, -0.1) is 0 Å². The van der Waals surface area contributed by atoms with Gasteiger partial charge in [-0.05, 0) is 6.42 Å². The Hall–Kier alpha value is -1.40. The molecule has 1 aromatic heterocycles. The van der Waals surface area contributed by atoms with Crippen molar-refractivity contribution >= 4 is 5.82 Å². The van der Waals surface area contributed by atoms with Gasteiger partial charge in [0, 0.05) is 32.8 Å². The molecule has 0 amide bonds. The van der Waals surface area contributed by atoms with E-state index in [0.29, 0.717) is 25.6 Å². The van der Waals surface area contributed by atoms with Crippen LogP contribution in [0.5, 0.6) is 5.88 Å². The SMILES string of the molecule is CCCOc1cc(N(CCN)CCOC)ncn1. The summed E-state index contributed by atoms with van der Waals surface area (Å²) < 4.78 is 10.6. The van der Waals surface area contributed by atoms with Crippen molar-refractivity contribution in [2.24, 2.45) is 5.73 Å². The normalized spacial score (nSPS) is 10.4. The van der Waals surface area contributed by atoms with Gasteiger partial charge in [-0.25, -0.2) is 9.97 Å². The topological polar surface area (TPSA) is 73.5 Å². The lowest BCUT2D eigenvalue weighted by Gasteiger charge is -2.22. The fourth-order valence-corrected chi connectivity index (χ4v) is 1.49. The monoisotopic (exact) mass is 254 g/mol. The van der Waals surface area contributed by atoms with E-state index in [-0.39, 0.29) is 0 Å². The predicted octanol–water partition coefficient (Wildman–Crippen LogP) is 0.677. The molecule has 0 saturated carbocycles. The summed E-state index contributed by atoms with van der Waals surface area (Å²) in [7, 11) is 1.68. The van der Waals surface area contributed by atoms with E-state index in [1.807, 2.05) is 6.07 Å². The van der Waals surface area contributed by atoms with Gasteiger partial charge in [-0.2, -0.15) is 0 Å². The number of methoxy groups -OCH3 is 1. The number of nitrogens with two attached hydrogens (primary N) is 1. The minimum atomic E-state index is 0.568. The van der Waals surface area contributed by atoms with Crippen molar-refractivity contribution in [3.05, 3.63) is 12.4 Å². The highest BCUT2D eigenvalue weighted by atomic mass is 16.5. The van der Waals surface area contributed by atoms with Crippen LogP contribution in [-0.4, -0.2) is 49.9 Å². The fraction of sp³-hybridized carbons (Fsp3) is 0.667. The van der Waals surface area contributed by atoms with Crippen LogP contribution >= 0.6 is 0 Å². The lowest BCUT2D eigenvalue weighted by Crippen LogP contribution is -2.33. The quantitative estimate of drug-likeness (QED) is 0.698. The maximum atomic E-state index is 5.60. The van der Waals surface area contributed by atoms with Gasteiger partial charge >= 0.3 is 0 Å². The molecular formula is C12H22N4O2. The van der Waals surface area contributed by atoms with Crippen molar-refractivity contribution in [1.82, 2.24) is 9.97 Å². The molecule has 102 valence electrons. The summed E-state index contributed by atoms with van der Waals surface area (Å²) in [5, 5.41) is 0. The number of nitrogens with zero attached hydrogens (tertiary/aromatic N) is 3. The van der Waals surface area contributed by atoms with E-state index in [1.54, 1.807) is 7.11 Å². The van der Waals surface area contributed by atoms with Crippen LogP contribution in [0.3, 0.4) is 0 Å². The lowest BCUT2D eigenvalue weighted by molar-refractivity contribution is 0.205. The highest BCUT2D eigenvalue weighted by molar-refractivity contribution is 5.40. The van der Waals surface area contributed by atoms with E-state index in [1.165, 1.54) is 6.33 Å². The Morgan fingerprint density at radius 1 is 1.28 bits per heavy atom. The molecule has 0 bridgehead atoms. The van der Waals surface area contributed by atoms with Crippen molar-refractivity contribution in [2.75, 3.05) is 44.9 Å². The summed E-state index contributed by atoms with van der Waals surface area (Å²) in [5.41, 5.74) is 5.60. The van der Waals surface area contributed by atoms with Gasteiger partial charge in [-0.1, -0.05) is 6.92 Å². The Labute approximate surface area is 108 Å². The van der Waals surface area contributed by atoms with Gasteiger partial charge in [0.2, 0.25) is 5.88 Å². The molecule has 0 radical (unpaired) electrons. The highest BCUT2D eigenvalue weighted by Gasteiger charge is 2.08. The van der Waals surface area contributed by atoms with Gasteiger partial charge in [0.05, 0.1) is 13.2 Å². The van der Waals surface area contributed by atoms with Gasteiger partial charge in [0.15, 0.2) is 0 Å². The molecule has 0 spiro atoms. The minimum Gasteiger partial charge on any atom is -0.478 e. The number of hydrogen-bond acceptors (Lipinski definition) is 6. The maximum absolute atomic E-state index is 5.60. The highest BCUT2D eigenvalue weighted by Crippen LogP contribution is 2.15. The average Bonchev–Trinajstić information content (AvgIpc) is 2.41. The van der Waals surface area contributed by atoms with Gasteiger partial charge in [0.1, 0.15) is 12.1 Å². The first-order chi connectivity index (χ1) is 8.81. The third-order valence-electron chi connectivity index (χ3n) is 2.37. The van der Waals surface area contributed by atoms with Gasteiger partial charge < -0.3 is 20.1 Å². The standard InChI is InChI=1S/C12H22N4O2/c1-3-7-18-12-9-11(14-10-15-12)16(5-4-13)6-8-17-2/h9-10H,3-8,13H2,1-2H3. The first-order valence-corrected chi connectivity index (χ1v) is 6.20. The summed E-state index contributed by atoms with van der Waals surface area (Å²) in [6.45, 7) is 5.40. The second kappa shape index (κ2) is 8.66. The van der Waals surface area contributed by atoms with Crippen molar-refractivity contribution in [3.8, 4) is 5.88 Å². The molecule has 0 aliphatic carbocycles. The van der Waals surface area contributed by atoms with E-state index in [9.17, 15) is 0 Å². The minimum absolute atomic E-state index is 0.568. The van der Waals surface area contributed by atoms with Crippen LogP contribution in [0.2, 0.25) is 0 Å². The number of rotatable bonds is 9. The molecular weight excluding hydrogens is 232 g/mol. The summed E-state index contributed by atoms with van der Waals surface area (Å²) in [5.74, 6) is 1.42. The average molecular weight is 254 g/mol. The first-order valence-electron chi connectivity index (χ1n) is 6.20. The second-order valence-corrected chi connectivity index (χ2v) is 3.83. The Morgan fingerprint density at radius 2 is 2.11 bits per heavy atom. The Bertz CT molecular complexity index is 336. The van der Waals surface area contributed by atoms with E-state index >= 15 is 0 Å². The van der Waals surface area contributed by atoms with Crippen molar-refractivity contribution in [1.29, 1.82) is 0 Å². The zero-order chi connectivity index (χ0) is 13.2. The van der Waals surface area contributed by atoms with Crippen LogP contribution in [0.25, 0.3) is 0 Å². The first kappa shape index (κ1) is 14.7. The van der Waals surface area contributed by atoms with Gasteiger partial charge in [0.25, 0.3) is 0 Å². The molecule has 0 saturated heterocycles. The van der Waals surface area contributed by atoms with E-state index < -0.39 is 0 Å². The maximum Gasteiger partial charge on any atom is 0.218 e. The molecule has 0 unspecified atom stereocenters. The predicted molar refractivity (Wildman–Crippen MR) is 71.0 cm³/mol. The smallest absolute Gasteiger partial charge is 0.218 e. The van der Waals surface area contributed by atoms with Crippen LogP contribution < -0.4 is 15.4 Å². The summed E-state index contributed by atoms with van der Waals surface area (Å²) in [4.78, 5) is 10.4. The molecule has 6 nitrogen and oxygen atoms in total. The number of ether oxygens (including phenoxy) is 2. The molecule has 6 heteroatoms. The van der Waals surface area contributed by atoms with E-state index in [2.05, 4.69) is 21.8 Å². The van der Waals surface area contributed by atoms with Crippen molar-refractivity contribution < 1.29 is 9.47 Å². The molecule has 0 aliphatic heterocycles. The number of hydrogen-bond donors (Lipinski definition) is 1. The number of anilines is 1. The van der Waals surface area contributed by atoms with Gasteiger partial charge in [-0.3, -0.25) is 0 Å². The third kappa shape index (κ3) is 4.85. The summed E-state index contributed by atoms with van der Waals surface area (Å²) in [6.07, 6.45) is 2.46. The molecule has 18 heavy (non-hydrogen) atoms. The zero-order valence-corrected chi connectivity index (χ0v) is 11.1. The Kier molecular flexibility index (Phi) is 7.05. The fourth-order valence-electron chi connectivity index (χ4n) is 1.49. The Balaban J connectivity index is 2.70. The van der Waals surface area contributed by atoms with Crippen molar-refractivity contribution in [2.45, 2.75) is 13.3 Å². The lowest BCUT2D eigenvalue weighted by atomic mass is 10.4. The van der Waals surface area contributed by atoms with Crippen LogP contribution in [-0.2, 0) is 4.74 Å². The zero-order valence-electron chi connectivity index (χ0n) is 11.1. The molecule has 0 aliphatic rings. The van der Waals surface area contributed by atoms with Crippen LogP contribution in [0, 0.1) is 0 Å². The summed E-state index contributed by atoms with van der Waals surface area (Å²) in [6, 6.07) is 1.83. The molecule has 2 N–H and O–H groups in total. The van der Waals surface area contributed by atoms with Crippen molar-refractivity contribution in [3.63, 3.8) is 0 Å². The molecule has 0 atom stereocenters. The summed E-state index contributed by atoms with van der Waals surface area (Å²) >= 11 is 0. The second-order valence-electron chi connectivity index (χ2n) is 3.83. The third-order valence-corrected chi connectivity index (χ3v) is 2.37. The molecule has 0 fully saturated rings. The van der Waals surface area contributed by atoms with Crippen LogP contribution in [0.1, 0.15) is 13.3 Å². The van der Waals surface area contributed by atoms with E-state index in [4.69, 9.17) is 15.2 Å². The van der Waals surface area contributed by atoms with Crippen LogP contribution in [0.15, 0.2) is 12.4 Å². The molecule has 1 heterocycles. The number of aromatic nitrogens is 2.